The van der Waals surface area contributed by atoms with Crippen LogP contribution in [0.1, 0.15) is 6.42 Å². The van der Waals surface area contributed by atoms with Crippen LogP contribution in [-0.4, -0.2) is 21.9 Å². The van der Waals surface area contributed by atoms with E-state index in [9.17, 15) is 14.9 Å². The van der Waals surface area contributed by atoms with Gasteiger partial charge in [0.25, 0.3) is 0 Å². The van der Waals surface area contributed by atoms with E-state index >= 15 is 0 Å². The summed E-state index contributed by atoms with van der Waals surface area (Å²) in [7, 11) is 0. The fraction of sp³-hybridized carbons (Fsp3) is 0.333. The summed E-state index contributed by atoms with van der Waals surface area (Å²) in [6, 6.07) is 2.39. The minimum atomic E-state index is -0.743. The largest absolute Gasteiger partial charge is 0.310 e. The van der Waals surface area contributed by atoms with E-state index in [1.807, 2.05) is 0 Å². The maximum atomic E-state index is 11.5. The standard InChI is InChI=1S/C9H8ClN3O3/c10-5-1-2-8(11-4-5)12-9(14)6-3-7(6)13(15)16/h1-2,4,6-7H,3H2,(H,11,12,14). The summed E-state index contributed by atoms with van der Waals surface area (Å²) in [5, 5.41) is 13.3. The molecule has 2 unspecified atom stereocenters. The molecule has 1 aliphatic carbocycles. The van der Waals surface area contributed by atoms with E-state index in [-0.39, 0.29) is 5.91 Å². The fourth-order valence-corrected chi connectivity index (χ4v) is 1.48. The Morgan fingerprint density at radius 2 is 2.38 bits per heavy atom. The average Bonchev–Trinajstić information content (AvgIpc) is 3.01. The lowest BCUT2D eigenvalue weighted by Gasteiger charge is -2.01. The van der Waals surface area contributed by atoms with E-state index in [4.69, 9.17) is 11.6 Å². The van der Waals surface area contributed by atoms with E-state index < -0.39 is 16.9 Å². The molecule has 6 nitrogen and oxygen atoms in total. The first-order chi connectivity index (χ1) is 7.58. The summed E-state index contributed by atoms with van der Waals surface area (Å²) in [6.07, 6.45) is 1.70. The molecular weight excluding hydrogens is 234 g/mol. The number of nitrogens with zero attached hydrogens (tertiary/aromatic N) is 2. The van der Waals surface area contributed by atoms with Crippen LogP contribution in [0.3, 0.4) is 0 Å². The first-order valence-corrected chi connectivity index (χ1v) is 5.01. The van der Waals surface area contributed by atoms with Gasteiger partial charge in [-0.15, -0.1) is 0 Å². The molecule has 7 heteroatoms. The summed E-state index contributed by atoms with van der Waals surface area (Å²) in [4.78, 5) is 25.3. The highest BCUT2D eigenvalue weighted by molar-refractivity contribution is 6.30. The number of nitro groups is 1. The fourth-order valence-electron chi connectivity index (χ4n) is 1.37. The van der Waals surface area contributed by atoms with Gasteiger partial charge in [-0.25, -0.2) is 4.98 Å². The van der Waals surface area contributed by atoms with Crippen LogP contribution in [0.5, 0.6) is 0 Å². The molecule has 16 heavy (non-hydrogen) atoms. The quantitative estimate of drug-likeness (QED) is 0.639. The van der Waals surface area contributed by atoms with Gasteiger partial charge in [0.15, 0.2) is 0 Å². The smallest absolute Gasteiger partial charge is 0.235 e. The average molecular weight is 242 g/mol. The second-order valence-electron chi connectivity index (χ2n) is 3.55. The highest BCUT2D eigenvalue weighted by Crippen LogP contribution is 2.33. The molecule has 0 saturated heterocycles. The molecule has 1 N–H and O–H groups in total. The Morgan fingerprint density at radius 3 is 2.88 bits per heavy atom. The number of rotatable bonds is 3. The molecule has 1 heterocycles. The second kappa shape index (κ2) is 4.05. The number of carbonyl (C=O) groups excluding carboxylic acids is 1. The van der Waals surface area contributed by atoms with E-state index in [0.29, 0.717) is 17.3 Å². The number of anilines is 1. The number of hydrogen-bond donors (Lipinski definition) is 1. The molecule has 0 aromatic carbocycles. The Kier molecular flexibility index (Phi) is 2.74. The molecule has 1 fully saturated rings. The molecule has 0 radical (unpaired) electrons. The van der Waals surface area contributed by atoms with E-state index in [1.54, 1.807) is 12.1 Å². The molecule has 1 aromatic rings. The van der Waals surface area contributed by atoms with Crippen LogP contribution in [0, 0.1) is 16.0 Å². The Morgan fingerprint density at radius 1 is 1.62 bits per heavy atom. The van der Waals surface area contributed by atoms with Gasteiger partial charge >= 0.3 is 0 Å². The Labute approximate surface area is 95.8 Å². The predicted octanol–water partition coefficient (Wildman–Crippen LogP) is 1.34. The number of amides is 1. The van der Waals surface area contributed by atoms with Gasteiger partial charge in [0.05, 0.1) is 5.02 Å². The predicted molar refractivity (Wildman–Crippen MR) is 56.8 cm³/mol. The van der Waals surface area contributed by atoms with Crippen molar-refractivity contribution in [2.75, 3.05) is 5.32 Å². The summed E-state index contributed by atoms with van der Waals surface area (Å²) in [5.74, 6) is -0.549. The molecule has 0 spiro atoms. The van der Waals surface area contributed by atoms with Gasteiger partial charge in [-0.1, -0.05) is 11.6 Å². The van der Waals surface area contributed by atoms with Crippen molar-refractivity contribution in [3.8, 4) is 0 Å². The summed E-state index contributed by atoms with van der Waals surface area (Å²) in [6.45, 7) is 0. The Bertz CT molecular complexity index is 434. The zero-order valence-corrected chi connectivity index (χ0v) is 8.85. The third-order valence-corrected chi connectivity index (χ3v) is 2.57. The van der Waals surface area contributed by atoms with Crippen molar-refractivity contribution in [2.45, 2.75) is 12.5 Å². The lowest BCUT2D eigenvalue weighted by molar-refractivity contribution is -0.497. The van der Waals surface area contributed by atoms with Gasteiger partial charge < -0.3 is 5.32 Å². The van der Waals surface area contributed by atoms with Crippen LogP contribution in [0.2, 0.25) is 5.02 Å². The maximum Gasteiger partial charge on any atom is 0.235 e. The number of halogens is 1. The first kappa shape index (κ1) is 10.8. The van der Waals surface area contributed by atoms with Crippen LogP contribution >= 0.6 is 11.6 Å². The minimum Gasteiger partial charge on any atom is -0.310 e. The molecule has 2 atom stereocenters. The van der Waals surface area contributed by atoms with E-state index in [1.165, 1.54) is 6.20 Å². The highest BCUT2D eigenvalue weighted by Gasteiger charge is 2.53. The van der Waals surface area contributed by atoms with E-state index in [2.05, 4.69) is 10.3 Å². The van der Waals surface area contributed by atoms with Crippen molar-refractivity contribution >= 4 is 23.3 Å². The van der Waals surface area contributed by atoms with Gasteiger partial charge in [-0.2, -0.15) is 0 Å². The van der Waals surface area contributed by atoms with Gasteiger partial charge in [-0.05, 0) is 12.1 Å². The minimum absolute atomic E-state index is 0.298. The van der Waals surface area contributed by atoms with Gasteiger partial charge in [-0.3, -0.25) is 14.9 Å². The summed E-state index contributed by atoms with van der Waals surface area (Å²) < 4.78 is 0. The molecule has 0 bridgehead atoms. The lowest BCUT2D eigenvalue weighted by Crippen LogP contribution is -2.18. The maximum absolute atomic E-state index is 11.5. The van der Waals surface area contributed by atoms with Gasteiger partial charge in [0.2, 0.25) is 11.9 Å². The molecule has 1 aromatic heterocycles. The molecule has 84 valence electrons. The number of aromatic nitrogens is 1. The van der Waals surface area contributed by atoms with Crippen molar-refractivity contribution in [2.24, 2.45) is 5.92 Å². The normalized spacial score (nSPS) is 22.6. The van der Waals surface area contributed by atoms with Crippen LogP contribution < -0.4 is 5.32 Å². The van der Waals surface area contributed by atoms with Crippen molar-refractivity contribution < 1.29 is 9.72 Å². The van der Waals surface area contributed by atoms with Crippen molar-refractivity contribution in [1.29, 1.82) is 0 Å². The molecular formula is C9H8ClN3O3. The summed E-state index contributed by atoms with van der Waals surface area (Å²) in [5.41, 5.74) is 0. The van der Waals surface area contributed by atoms with Crippen LogP contribution in [-0.2, 0) is 4.79 Å². The zero-order valence-electron chi connectivity index (χ0n) is 8.09. The molecule has 1 saturated carbocycles. The zero-order chi connectivity index (χ0) is 11.7. The van der Waals surface area contributed by atoms with Gasteiger partial charge in [0, 0.05) is 17.5 Å². The van der Waals surface area contributed by atoms with Crippen molar-refractivity contribution in [3.63, 3.8) is 0 Å². The number of pyridine rings is 1. The third kappa shape index (κ3) is 2.27. The molecule has 1 amide bonds. The molecule has 2 rings (SSSR count). The second-order valence-corrected chi connectivity index (χ2v) is 3.98. The number of hydrogen-bond acceptors (Lipinski definition) is 4. The van der Waals surface area contributed by atoms with Crippen molar-refractivity contribution in [3.05, 3.63) is 33.5 Å². The number of carbonyl (C=O) groups is 1. The van der Waals surface area contributed by atoms with Crippen LogP contribution in [0.4, 0.5) is 5.82 Å². The number of nitrogens with one attached hydrogen (secondary N) is 1. The van der Waals surface area contributed by atoms with Crippen LogP contribution in [0.15, 0.2) is 18.3 Å². The van der Waals surface area contributed by atoms with Crippen LogP contribution in [0.25, 0.3) is 0 Å². The molecule has 0 aliphatic heterocycles. The lowest BCUT2D eigenvalue weighted by atomic mass is 10.3. The topological polar surface area (TPSA) is 85.1 Å². The monoisotopic (exact) mass is 241 g/mol. The van der Waals surface area contributed by atoms with Gasteiger partial charge in [0.1, 0.15) is 11.7 Å². The highest BCUT2D eigenvalue weighted by atomic mass is 35.5. The van der Waals surface area contributed by atoms with E-state index in [0.717, 1.165) is 0 Å². The van der Waals surface area contributed by atoms with Crippen molar-refractivity contribution in [1.82, 2.24) is 4.98 Å². The SMILES string of the molecule is O=C(Nc1ccc(Cl)cn1)C1CC1[N+](=O)[O-]. The Hall–Kier alpha value is -1.69. The first-order valence-electron chi connectivity index (χ1n) is 4.64. The molecule has 1 aliphatic rings. The summed E-state index contributed by atoms with van der Waals surface area (Å²) >= 11 is 5.62. The third-order valence-electron chi connectivity index (χ3n) is 2.34. The Balaban J connectivity index is 1.94.